The van der Waals surface area contributed by atoms with Gasteiger partial charge >= 0.3 is 0 Å². The molecule has 0 amide bonds. The predicted molar refractivity (Wildman–Crippen MR) is 191 cm³/mol. The summed E-state index contributed by atoms with van der Waals surface area (Å²) in [6.45, 7) is 0. The normalized spacial score (nSPS) is 11.7. The molecule has 0 aliphatic heterocycles. The lowest BCUT2D eigenvalue weighted by Gasteiger charge is -2.16. The fourth-order valence-corrected chi connectivity index (χ4v) is 7.15. The maximum absolute atomic E-state index is 2.46. The summed E-state index contributed by atoms with van der Waals surface area (Å²) in [6.07, 6.45) is 0. The zero-order chi connectivity index (χ0) is 29.9. The van der Waals surface area contributed by atoms with Gasteiger partial charge in [0, 0.05) is 45.2 Å². The zero-order valence-electron chi connectivity index (χ0n) is 25.0. The third kappa shape index (κ3) is 4.03. The quantitative estimate of drug-likeness (QED) is 0.198. The van der Waals surface area contributed by atoms with E-state index in [0.717, 1.165) is 0 Å². The molecule has 0 saturated carbocycles. The summed E-state index contributed by atoms with van der Waals surface area (Å²) in [5, 5.41) is 5.09. The highest BCUT2D eigenvalue weighted by Gasteiger charge is 2.18. The summed E-state index contributed by atoms with van der Waals surface area (Å²) in [4.78, 5) is 0. The van der Waals surface area contributed by atoms with E-state index in [0.29, 0.717) is 0 Å². The van der Waals surface area contributed by atoms with E-state index in [-0.39, 0.29) is 0 Å². The largest absolute Gasteiger partial charge is 0.344 e. The zero-order valence-corrected chi connectivity index (χ0v) is 25.0. The third-order valence-electron chi connectivity index (χ3n) is 9.35. The maximum Gasteiger partial charge on any atom is 0.0546 e. The van der Waals surface area contributed by atoms with Crippen molar-refractivity contribution in [3.05, 3.63) is 164 Å². The van der Waals surface area contributed by atoms with Gasteiger partial charge in [0.05, 0.1) is 16.7 Å². The molecule has 0 atom stereocenters. The molecule has 0 spiro atoms. The number of aryl methyl sites for hydroxylation is 1. The van der Waals surface area contributed by atoms with Crippen LogP contribution in [0.4, 0.5) is 0 Å². The van der Waals surface area contributed by atoms with E-state index in [1.807, 2.05) is 0 Å². The molecule has 0 radical (unpaired) electrons. The van der Waals surface area contributed by atoms with Gasteiger partial charge in [0.15, 0.2) is 0 Å². The van der Waals surface area contributed by atoms with Crippen LogP contribution in [0.1, 0.15) is 0 Å². The number of nitrogens with zero attached hydrogens (tertiary/aromatic N) is 2. The first-order chi connectivity index (χ1) is 22.2. The molecule has 2 heteroatoms. The van der Waals surface area contributed by atoms with Gasteiger partial charge in [-0.15, -0.1) is 0 Å². The monoisotopic (exact) mass is 574 g/mol. The summed E-state index contributed by atoms with van der Waals surface area (Å²) in [5.74, 6) is 0. The van der Waals surface area contributed by atoms with Crippen molar-refractivity contribution in [2.45, 2.75) is 0 Å². The number of hydrogen-bond donors (Lipinski definition) is 0. The van der Waals surface area contributed by atoms with Gasteiger partial charge < -0.3 is 9.13 Å². The summed E-state index contributed by atoms with van der Waals surface area (Å²) < 4.78 is 4.75. The first-order valence-corrected chi connectivity index (χ1v) is 15.5. The van der Waals surface area contributed by atoms with Crippen molar-refractivity contribution in [2.75, 3.05) is 0 Å². The van der Waals surface area contributed by atoms with Crippen LogP contribution in [0, 0.1) is 0 Å². The highest BCUT2D eigenvalue weighted by Crippen LogP contribution is 2.40. The number of fused-ring (bicyclic) bond motifs is 6. The number of rotatable bonds is 4. The predicted octanol–water partition coefficient (Wildman–Crippen LogP) is 11.4. The Morgan fingerprint density at radius 3 is 1.51 bits per heavy atom. The van der Waals surface area contributed by atoms with Crippen LogP contribution in [0.15, 0.2) is 164 Å². The molecule has 2 nitrogen and oxygen atoms in total. The average Bonchev–Trinajstić information content (AvgIpc) is 3.60. The first-order valence-electron chi connectivity index (χ1n) is 15.5. The minimum Gasteiger partial charge on any atom is -0.344 e. The molecule has 0 bridgehead atoms. The fourth-order valence-electron chi connectivity index (χ4n) is 7.15. The molecular weight excluding hydrogens is 544 g/mol. The summed E-state index contributed by atoms with van der Waals surface area (Å²) >= 11 is 0. The number of aromatic nitrogens is 2. The maximum atomic E-state index is 2.46. The topological polar surface area (TPSA) is 9.86 Å². The summed E-state index contributed by atoms with van der Waals surface area (Å²) in [5.41, 5.74) is 13.4. The van der Waals surface area contributed by atoms with Crippen molar-refractivity contribution in [1.82, 2.24) is 9.13 Å². The molecule has 212 valence electrons. The van der Waals surface area contributed by atoms with E-state index in [4.69, 9.17) is 0 Å². The van der Waals surface area contributed by atoms with Crippen LogP contribution in [0.25, 0.3) is 82.7 Å². The Bertz CT molecular complexity index is 2530. The van der Waals surface area contributed by atoms with Crippen LogP contribution >= 0.6 is 0 Å². The Labute approximate surface area is 262 Å². The molecule has 9 aromatic rings. The van der Waals surface area contributed by atoms with Crippen LogP contribution in [0.2, 0.25) is 0 Å². The van der Waals surface area contributed by atoms with Gasteiger partial charge in [0.2, 0.25) is 0 Å². The summed E-state index contributed by atoms with van der Waals surface area (Å²) in [6, 6.07) is 59.6. The molecule has 2 aromatic heterocycles. The second-order valence-electron chi connectivity index (χ2n) is 11.9. The standard InChI is InChI=1S/C43H30N2/c1-44-39-18-10-8-16-35(39)37-26-31(21-24-40(37)44)32-22-25-42-38(27-32)36-17-9-11-19-41(36)45(42)43-28-33(29-12-4-2-5-13-29)20-23-34(43)30-14-6-3-7-15-30/h2-28H,1H3. The summed E-state index contributed by atoms with van der Waals surface area (Å²) in [7, 11) is 2.15. The molecule has 0 fully saturated rings. The van der Waals surface area contributed by atoms with Crippen molar-refractivity contribution in [1.29, 1.82) is 0 Å². The second-order valence-corrected chi connectivity index (χ2v) is 11.9. The van der Waals surface area contributed by atoms with Crippen LogP contribution in [-0.4, -0.2) is 9.13 Å². The molecule has 0 unspecified atom stereocenters. The fraction of sp³-hybridized carbons (Fsp3) is 0.0233. The highest BCUT2D eigenvalue weighted by atomic mass is 15.0. The number of benzene rings is 7. The van der Waals surface area contributed by atoms with Crippen molar-refractivity contribution in [3.63, 3.8) is 0 Å². The molecule has 7 aromatic carbocycles. The number of para-hydroxylation sites is 2. The molecule has 0 saturated heterocycles. The Balaban J connectivity index is 1.29. The van der Waals surface area contributed by atoms with Gasteiger partial charge in [-0.1, -0.05) is 121 Å². The Morgan fingerprint density at radius 1 is 0.333 bits per heavy atom. The lowest BCUT2D eigenvalue weighted by molar-refractivity contribution is 1.01. The second kappa shape index (κ2) is 10.1. The highest BCUT2D eigenvalue weighted by molar-refractivity contribution is 6.12. The Kier molecular flexibility index (Phi) is 5.76. The SMILES string of the molecule is Cn1c2ccccc2c2cc(-c3ccc4c(c3)c3ccccc3n4-c3cc(-c4ccccc4)ccc3-c3ccccc3)ccc21. The van der Waals surface area contributed by atoms with Gasteiger partial charge in [0.1, 0.15) is 0 Å². The first kappa shape index (κ1) is 25.6. The van der Waals surface area contributed by atoms with E-state index in [9.17, 15) is 0 Å². The Morgan fingerprint density at radius 2 is 0.800 bits per heavy atom. The molecule has 0 aliphatic rings. The minimum absolute atomic E-state index is 1.18. The van der Waals surface area contributed by atoms with Gasteiger partial charge in [-0.05, 0) is 70.3 Å². The van der Waals surface area contributed by atoms with E-state index in [1.165, 1.54) is 82.7 Å². The minimum atomic E-state index is 1.18. The lowest BCUT2D eigenvalue weighted by atomic mass is 9.98. The van der Waals surface area contributed by atoms with Gasteiger partial charge in [-0.3, -0.25) is 0 Å². The van der Waals surface area contributed by atoms with Crippen LogP contribution in [-0.2, 0) is 7.05 Å². The number of hydrogen-bond acceptors (Lipinski definition) is 0. The van der Waals surface area contributed by atoms with Gasteiger partial charge in [-0.2, -0.15) is 0 Å². The van der Waals surface area contributed by atoms with E-state index >= 15 is 0 Å². The van der Waals surface area contributed by atoms with Crippen LogP contribution in [0.5, 0.6) is 0 Å². The third-order valence-corrected chi connectivity index (χ3v) is 9.35. The average molecular weight is 575 g/mol. The van der Waals surface area contributed by atoms with Gasteiger partial charge in [-0.25, -0.2) is 0 Å². The van der Waals surface area contributed by atoms with Crippen molar-refractivity contribution >= 4 is 43.6 Å². The van der Waals surface area contributed by atoms with Crippen molar-refractivity contribution in [2.24, 2.45) is 7.05 Å². The Hall–Kier alpha value is -5.86. The molecule has 45 heavy (non-hydrogen) atoms. The molecule has 9 rings (SSSR count). The van der Waals surface area contributed by atoms with Crippen molar-refractivity contribution in [3.8, 4) is 39.1 Å². The smallest absolute Gasteiger partial charge is 0.0546 e. The molecular formula is C43H30N2. The molecule has 0 N–H and O–H groups in total. The van der Waals surface area contributed by atoms with E-state index < -0.39 is 0 Å². The van der Waals surface area contributed by atoms with Gasteiger partial charge in [0.25, 0.3) is 0 Å². The van der Waals surface area contributed by atoms with E-state index in [2.05, 4.69) is 180 Å². The lowest BCUT2D eigenvalue weighted by Crippen LogP contribution is -1.98. The molecule has 0 aliphatic carbocycles. The van der Waals surface area contributed by atoms with Crippen molar-refractivity contribution < 1.29 is 0 Å². The van der Waals surface area contributed by atoms with Crippen LogP contribution in [0.3, 0.4) is 0 Å². The molecule has 2 heterocycles. The van der Waals surface area contributed by atoms with E-state index in [1.54, 1.807) is 0 Å². The van der Waals surface area contributed by atoms with Crippen LogP contribution < -0.4 is 0 Å².